The minimum atomic E-state index is 0.413. The first-order chi connectivity index (χ1) is 6.97. The Morgan fingerprint density at radius 2 is 1.47 bits per heavy atom. The van der Waals surface area contributed by atoms with Crippen LogP contribution < -0.4 is 5.73 Å². The Hall–Kier alpha value is -1.42. The van der Waals surface area contributed by atoms with Crippen molar-refractivity contribution in [1.82, 2.24) is 0 Å². The van der Waals surface area contributed by atoms with Crippen LogP contribution in [0.3, 0.4) is 0 Å². The first-order valence-electron chi connectivity index (χ1n) is 5.37. The highest BCUT2D eigenvalue weighted by molar-refractivity contribution is 5.60. The number of benzene rings is 1. The SMILES string of the molecule is C#Cc1cc(C(C)C)c(N)c(C(C)C)c1. The van der Waals surface area contributed by atoms with Gasteiger partial charge in [-0.05, 0) is 35.1 Å². The molecule has 0 spiro atoms. The van der Waals surface area contributed by atoms with E-state index in [1.165, 1.54) is 0 Å². The number of terminal acetylenes is 1. The minimum Gasteiger partial charge on any atom is -0.398 e. The second-order valence-corrected chi connectivity index (χ2v) is 4.52. The Morgan fingerprint density at radius 3 is 1.73 bits per heavy atom. The number of nitrogens with two attached hydrogens (primary N) is 1. The van der Waals surface area contributed by atoms with Crippen molar-refractivity contribution in [2.75, 3.05) is 5.73 Å². The zero-order valence-electron chi connectivity index (χ0n) is 9.96. The summed E-state index contributed by atoms with van der Waals surface area (Å²) in [6.07, 6.45) is 5.45. The molecule has 1 aromatic rings. The van der Waals surface area contributed by atoms with Crippen LogP contribution in [-0.2, 0) is 0 Å². The Morgan fingerprint density at radius 1 is 1.07 bits per heavy atom. The van der Waals surface area contributed by atoms with Gasteiger partial charge < -0.3 is 5.73 Å². The number of nitrogen functional groups attached to an aromatic ring is 1. The van der Waals surface area contributed by atoms with Gasteiger partial charge in [0.05, 0.1) is 0 Å². The van der Waals surface area contributed by atoms with Crippen LogP contribution in [0.2, 0.25) is 0 Å². The third kappa shape index (κ3) is 2.33. The van der Waals surface area contributed by atoms with E-state index in [2.05, 4.69) is 33.6 Å². The Bertz CT molecular complexity index is 365. The summed E-state index contributed by atoms with van der Waals surface area (Å²) < 4.78 is 0. The Balaban J connectivity index is 3.42. The van der Waals surface area contributed by atoms with Gasteiger partial charge in [-0.1, -0.05) is 33.6 Å². The molecule has 1 heteroatoms. The van der Waals surface area contributed by atoms with E-state index in [4.69, 9.17) is 12.2 Å². The maximum Gasteiger partial charge on any atom is 0.0385 e. The van der Waals surface area contributed by atoms with Crippen LogP contribution in [0, 0.1) is 12.3 Å². The fourth-order valence-corrected chi connectivity index (χ4v) is 1.74. The van der Waals surface area contributed by atoms with Gasteiger partial charge in [-0.25, -0.2) is 0 Å². The summed E-state index contributed by atoms with van der Waals surface area (Å²) in [6.45, 7) is 8.54. The van der Waals surface area contributed by atoms with Crippen molar-refractivity contribution in [3.8, 4) is 12.3 Å². The molecular weight excluding hydrogens is 182 g/mol. The number of hydrogen-bond donors (Lipinski definition) is 1. The molecule has 15 heavy (non-hydrogen) atoms. The van der Waals surface area contributed by atoms with Crippen molar-refractivity contribution in [3.63, 3.8) is 0 Å². The maximum atomic E-state index is 6.14. The standard InChI is InChI=1S/C14H19N/c1-6-11-7-12(9(2)3)14(15)13(8-11)10(4)5/h1,7-10H,15H2,2-5H3. The fraction of sp³-hybridized carbons (Fsp3) is 0.429. The molecule has 1 rings (SSSR count). The zero-order chi connectivity index (χ0) is 11.6. The molecule has 0 atom stereocenters. The lowest BCUT2D eigenvalue weighted by Crippen LogP contribution is -2.04. The average Bonchev–Trinajstić information content (AvgIpc) is 2.17. The predicted molar refractivity (Wildman–Crippen MR) is 67.0 cm³/mol. The summed E-state index contributed by atoms with van der Waals surface area (Å²) in [5.74, 6) is 3.51. The van der Waals surface area contributed by atoms with Crippen LogP contribution in [0.4, 0.5) is 5.69 Å². The molecule has 0 fully saturated rings. The van der Waals surface area contributed by atoms with Crippen LogP contribution in [0.15, 0.2) is 12.1 Å². The second kappa shape index (κ2) is 4.40. The molecule has 0 radical (unpaired) electrons. The highest BCUT2D eigenvalue weighted by atomic mass is 14.6. The highest BCUT2D eigenvalue weighted by Gasteiger charge is 2.12. The van der Waals surface area contributed by atoms with Gasteiger partial charge in [-0.3, -0.25) is 0 Å². The highest BCUT2D eigenvalue weighted by Crippen LogP contribution is 2.31. The van der Waals surface area contributed by atoms with E-state index < -0.39 is 0 Å². The lowest BCUT2D eigenvalue weighted by Gasteiger charge is -2.17. The summed E-state index contributed by atoms with van der Waals surface area (Å²) in [6, 6.07) is 4.04. The zero-order valence-corrected chi connectivity index (χ0v) is 9.96. The largest absolute Gasteiger partial charge is 0.398 e. The molecule has 0 aliphatic rings. The van der Waals surface area contributed by atoms with Crippen LogP contribution in [0.1, 0.15) is 56.2 Å². The fourth-order valence-electron chi connectivity index (χ4n) is 1.74. The summed E-state index contributed by atoms with van der Waals surface area (Å²) in [4.78, 5) is 0. The van der Waals surface area contributed by atoms with Crippen molar-refractivity contribution in [2.24, 2.45) is 0 Å². The molecule has 0 saturated heterocycles. The second-order valence-electron chi connectivity index (χ2n) is 4.52. The van der Waals surface area contributed by atoms with Crippen molar-refractivity contribution in [1.29, 1.82) is 0 Å². The molecule has 0 unspecified atom stereocenters. The van der Waals surface area contributed by atoms with E-state index in [0.717, 1.165) is 22.4 Å². The van der Waals surface area contributed by atoms with Gasteiger partial charge in [0.15, 0.2) is 0 Å². The van der Waals surface area contributed by atoms with Gasteiger partial charge >= 0.3 is 0 Å². The van der Waals surface area contributed by atoms with Crippen LogP contribution >= 0.6 is 0 Å². The van der Waals surface area contributed by atoms with E-state index >= 15 is 0 Å². The monoisotopic (exact) mass is 201 g/mol. The molecule has 0 saturated carbocycles. The third-order valence-corrected chi connectivity index (χ3v) is 2.65. The molecule has 1 aromatic carbocycles. The van der Waals surface area contributed by atoms with Gasteiger partial charge in [0.25, 0.3) is 0 Å². The maximum absolute atomic E-state index is 6.14. The van der Waals surface area contributed by atoms with Gasteiger partial charge in [0, 0.05) is 11.3 Å². The molecule has 1 nitrogen and oxygen atoms in total. The molecule has 2 N–H and O–H groups in total. The number of hydrogen-bond acceptors (Lipinski definition) is 1. The van der Waals surface area contributed by atoms with Crippen molar-refractivity contribution in [3.05, 3.63) is 28.8 Å². The summed E-state index contributed by atoms with van der Waals surface area (Å²) in [5, 5.41) is 0. The average molecular weight is 201 g/mol. The normalized spacial score (nSPS) is 10.7. The molecule has 0 heterocycles. The third-order valence-electron chi connectivity index (χ3n) is 2.65. The van der Waals surface area contributed by atoms with Gasteiger partial charge in [-0.15, -0.1) is 6.42 Å². The molecule has 80 valence electrons. The van der Waals surface area contributed by atoms with Crippen molar-refractivity contribution < 1.29 is 0 Å². The van der Waals surface area contributed by atoms with Crippen LogP contribution in [0.5, 0.6) is 0 Å². The lowest BCUT2D eigenvalue weighted by molar-refractivity contribution is 0.839. The van der Waals surface area contributed by atoms with E-state index in [1.54, 1.807) is 0 Å². The topological polar surface area (TPSA) is 26.0 Å². The summed E-state index contributed by atoms with van der Waals surface area (Å²) in [5.41, 5.74) is 10.3. The van der Waals surface area contributed by atoms with E-state index in [9.17, 15) is 0 Å². The molecule has 0 amide bonds. The molecule has 0 aliphatic carbocycles. The molecule has 0 aromatic heterocycles. The van der Waals surface area contributed by atoms with Crippen molar-refractivity contribution >= 4 is 5.69 Å². The molecule has 0 aliphatic heterocycles. The van der Waals surface area contributed by atoms with E-state index in [0.29, 0.717) is 11.8 Å². The Kier molecular flexibility index (Phi) is 3.42. The predicted octanol–water partition coefficient (Wildman–Crippen LogP) is 3.50. The molecular formula is C14H19N. The molecule has 0 bridgehead atoms. The van der Waals surface area contributed by atoms with Crippen molar-refractivity contribution in [2.45, 2.75) is 39.5 Å². The lowest BCUT2D eigenvalue weighted by atomic mass is 9.91. The number of rotatable bonds is 2. The first kappa shape index (κ1) is 11.7. The van der Waals surface area contributed by atoms with Gasteiger partial charge in [0.2, 0.25) is 0 Å². The van der Waals surface area contributed by atoms with E-state index in [-0.39, 0.29) is 0 Å². The van der Waals surface area contributed by atoms with Gasteiger partial charge in [-0.2, -0.15) is 0 Å². The van der Waals surface area contributed by atoms with Gasteiger partial charge in [0.1, 0.15) is 0 Å². The van der Waals surface area contributed by atoms with Crippen LogP contribution in [0.25, 0.3) is 0 Å². The van der Waals surface area contributed by atoms with Crippen LogP contribution in [-0.4, -0.2) is 0 Å². The minimum absolute atomic E-state index is 0.413. The first-order valence-corrected chi connectivity index (χ1v) is 5.37. The number of anilines is 1. The van der Waals surface area contributed by atoms with E-state index in [1.807, 2.05) is 12.1 Å². The Labute approximate surface area is 92.7 Å². The smallest absolute Gasteiger partial charge is 0.0385 e. The summed E-state index contributed by atoms with van der Waals surface area (Å²) in [7, 11) is 0. The quantitative estimate of drug-likeness (QED) is 0.575. The summed E-state index contributed by atoms with van der Waals surface area (Å²) >= 11 is 0.